The first-order chi connectivity index (χ1) is 16.8. The summed E-state index contributed by atoms with van der Waals surface area (Å²) in [4.78, 5) is 30.8. The smallest absolute Gasteiger partial charge is 0.264 e. The molecule has 5 aliphatic rings. The van der Waals surface area contributed by atoms with Crippen LogP contribution in [0.2, 0.25) is 0 Å². The lowest BCUT2D eigenvalue weighted by Crippen LogP contribution is -2.78. The largest absolute Gasteiger partial charge is 0.504 e. The van der Waals surface area contributed by atoms with Crippen molar-refractivity contribution in [2.24, 2.45) is 0 Å². The number of nitrogen functional groups attached to an aromatic ring is 1. The molecule has 35 heavy (non-hydrogen) atoms. The number of nitrogens with two attached hydrogens (primary N) is 1. The number of carbonyl (C=O) groups is 2. The van der Waals surface area contributed by atoms with Crippen molar-refractivity contribution in [2.75, 3.05) is 18.8 Å². The van der Waals surface area contributed by atoms with Gasteiger partial charge in [-0.05, 0) is 69.0 Å². The number of hydrogen-bond acceptors (Lipinski definition) is 7. The lowest BCUT2D eigenvalue weighted by Gasteiger charge is -2.64. The van der Waals surface area contributed by atoms with Gasteiger partial charge in [0.1, 0.15) is 6.10 Å². The van der Waals surface area contributed by atoms with Crippen LogP contribution in [-0.4, -0.2) is 68.7 Å². The van der Waals surface area contributed by atoms with Crippen LogP contribution in [0, 0.1) is 0 Å². The highest BCUT2D eigenvalue weighted by molar-refractivity contribution is 6.23. The number of aromatic hydroxyl groups is 1. The van der Waals surface area contributed by atoms with E-state index in [1.54, 1.807) is 24.3 Å². The van der Waals surface area contributed by atoms with Crippen molar-refractivity contribution >= 4 is 17.5 Å². The maximum atomic E-state index is 13.6. The standard InChI is InChI=1S/C27H29N3O5/c1-2-11-29-12-10-26-21-14-6-7-18(31)22(21)35-23(26)17(8-9-27(26,34)19(29)13-14)30-24(32)15-4-3-5-16(28)20(15)25(30)33/h3-7,17,19,23,31,34H,2,8-13,28H2,1H3/t17?,19-,23?,26+,27-/m1/s1. The maximum Gasteiger partial charge on any atom is 0.264 e. The molecule has 1 saturated carbocycles. The summed E-state index contributed by atoms with van der Waals surface area (Å²) in [7, 11) is 0. The van der Waals surface area contributed by atoms with Gasteiger partial charge in [-0.15, -0.1) is 0 Å². The molecule has 8 nitrogen and oxygen atoms in total. The van der Waals surface area contributed by atoms with Crippen LogP contribution in [0.3, 0.4) is 0 Å². The van der Waals surface area contributed by atoms with Gasteiger partial charge in [0.2, 0.25) is 0 Å². The topological polar surface area (TPSA) is 116 Å². The minimum Gasteiger partial charge on any atom is -0.504 e. The average molecular weight is 476 g/mol. The lowest BCUT2D eigenvalue weighted by molar-refractivity contribution is -0.195. The lowest BCUT2D eigenvalue weighted by atomic mass is 9.48. The molecule has 5 atom stereocenters. The summed E-state index contributed by atoms with van der Waals surface area (Å²) in [6.07, 6.45) is 2.54. The summed E-state index contributed by atoms with van der Waals surface area (Å²) in [6.45, 7) is 3.83. The monoisotopic (exact) mass is 475 g/mol. The van der Waals surface area contributed by atoms with Gasteiger partial charge in [0.15, 0.2) is 11.5 Å². The van der Waals surface area contributed by atoms with Gasteiger partial charge in [0.05, 0.1) is 28.2 Å². The second kappa shape index (κ2) is 6.77. The number of hydrogen-bond donors (Lipinski definition) is 3. The molecule has 1 spiro atoms. The van der Waals surface area contributed by atoms with Gasteiger partial charge in [-0.2, -0.15) is 0 Å². The Hall–Kier alpha value is -3.10. The first kappa shape index (κ1) is 21.2. The van der Waals surface area contributed by atoms with E-state index < -0.39 is 29.1 Å². The summed E-state index contributed by atoms with van der Waals surface area (Å²) >= 11 is 0. The van der Waals surface area contributed by atoms with Crippen molar-refractivity contribution in [1.29, 1.82) is 0 Å². The number of amides is 2. The van der Waals surface area contributed by atoms with E-state index in [2.05, 4.69) is 11.8 Å². The van der Waals surface area contributed by atoms with Crippen LogP contribution >= 0.6 is 0 Å². The van der Waals surface area contributed by atoms with Crippen molar-refractivity contribution in [2.45, 2.75) is 68.2 Å². The molecular formula is C27H29N3O5. The quantitative estimate of drug-likeness (QED) is 0.460. The van der Waals surface area contributed by atoms with Crippen molar-refractivity contribution < 1.29 is 24.5 Å². The first-order valence-corrected chi connectivity index (χ1v) is 12.6. The molecule has 2 aliphatic carbocycles. The van der Waals surface area contributed by atoms with Crippen LogP contribution in [0.4, 0.5) is 5.69 Å². The molecule has 8 heteroatoms. The van der Waals surface area contributed by atoms with Gasteiger partial charge < -0.3 is 20.7 Å². The van der Waals surface area contributed by atoms with Crippen molar-refractivity contribution in [3.05, 3.63) is 52.6 Å². The minimum absolute atomic E-state index is 0.0367. The maximum absolute atomic E-state index is 13.6. The Balaban J connectivity index is 1.39. The zero-order valence-corrected chi connectivity index (χ0v) is 19.7. The van der Waals surface area contributed by atoms with E-state index in [0.29, 0.717) is 37.0 Å². The summed E-state index contributed by atoms with van der Waals surface area (Å²) in [5.74, 6) is -0.343. The third-order valence-corrected chi connectivity index (χ3v) is 9.36. The molecule has 2 fully saturated rings. The molecule has 2 bridgehead atoms. The molecule has 2 aromatic carbocycles. The predicted octanol–water partition coefficient (Wildman–Crippen LogP) is 2.20. The third-order valence-electron chi connectivity index (χ3n) is 9.36. The van der Waals surface area contributed by atoms with E-state index in [9.17, 15) is 19.8 Å². The highest BCUT2D eigenvalue weighted by Crippen LogP contribution is 2.66. The van der Waals surface area contributed by atoms with Gasteiger partial charge in [-0.3, -0.25) is 19.4 Å². The van der Waals surface area contributed by atoms with Crippen LogP contribution in [0.25, 0.3) is 0 Å². The summed E-state index contributed by atoms with van der Waals surface area (Å²) in [5.41, 5.74) is 7.01. The second-order valence-corrected chi connectivity index (χ2v) is 10.7. The number of piperidine rings is 1. The number of phenolic OH excluding ortho intramolecular Hbond substituents is 1. The predicted molar refractivity (Wildman–Crippen MR) is 128 cm³/mol. The second-order valence-electron chi connectivity index (χ2n) is 10.7. The number of nitrogens with zero attached hydrogens (tertiary/aromatic N) is 2. The Kier molecular flexibility index (Phi) is 4.10. The van der Waals surface area contributed by atoms with Gasteiger partial charge in [-0.1, -0.05) is 19.1 Å². The van der Waals surface area contributed by atoms with E-state index in [1.807, 2.05) is 6.07 Å². The number of ether oxygens (including phenoxy) is 1. The molecule has 182 valence electrons. The number of rotatable bonds is 3. The number of likely N-dealkylation sites (tertiary alicyclic amines) is 1. The Morgan fingerprint density at radius 2 is 2.00 bits per heavy atom. The molecule has 4 N–H and O–H groups in total. The number of aliphatic hydroxyl groups is 1. The van der Waals surface area contributed by atoms with Crippen molar-refractivity contribution in [3.8, 4) is 11.5 Å². The Morgan fingerprint density at radius 3 is 2.77 bits per heavy atom. The van der Waals surface area contributed by atoms with Crippen LogP contribution in [0.1, 0.15) is 64.4 Å². The molecule has 0 aromatic heterocycles. The Labute approximate surface area is 203 Å². The molecule has 2 aromatic rings. The number of carbonyl (C=O) groups excluding carboxylic acids is 2. The van der Waals surface area contributed by atoms with E-state index >= 15 is 0 Å². The minimum atomic E-state index is -1.08. The van der Waals surface area contributed by atoms with Crippen molar-refractivity contribution in [3.63, 3.8) is 0 Å². The Bertz CT molecular complexity index is 1310. The van der Waals surface area contributed by atoms with Gasteiger partial charge in [0.25, 0.3) is 11.8 Å². The highest BCUT2D eigenvalue weighted by atomic mass is 16.5. The number of phenols is 1. The molecule has 1 saturated heterocycles. The van der Waals surface area contributed by atoms with Crippen LogP contribution in [0.5, 0.6) is 11.5 Å². The SMILES string of the molecule is CCCN1CC[C@]23c4c5ccc(O)c4OC2C(N2C(=O)c4cccc(N)c4C2=O)CC[C@@]3(O)[C@H]1C5. The molecule has 3 aliphatic heterocycles. The molecule has 2 amide bonds. The fourth-order valence-corrected chi connectivity index (χ4v) is 8.05. The highest BCUT2D eigenvalue weighted by Gasteiger charge is 2.74. The van der Waals surface area contributed by atoms with E-state index in [-0.39, 0.29) is 28.9 Å². The molecule has 7 rings (SSSR count). The third kappa shape index (κ3) is 2.30. The number of benzene rings is 2. The summed E-state index contributed by atoms with van der Waals surface area (Å²) in [5, 5.41) is 23.3. The molecule has 3 heterocycles. The molecule has 2 unspecified atom stereocenters. The summed E-state index contributed by atoms with van der Waals surface area (Å²) < 4.78 is 6.51. The normalized spacial score (nSPS) is 34.6. The van der Waals surface area contributed by atoms with E-state index in [0.717, 1.165) is 30.6 Å². The first-order valence-electron chi connectivity index (χ1n) is 12.6. The van der Waals surface area contributed by atoms with Crippen molar-refractivity contribution in [1.82, 2.24) is 9.80 Å². The van der Waals surface area contributed by atoms with Crippen LogP contribution in [0.15, 0.2) is 30.3 Å². The molecule has 0 radical (unpaired) electrons. The van der Waals surface area contributed by atoms with E-state index in [4.69, 9.17) is 10.5 Å². The zero-order valence-electron chi connectivity index (χ0n) is 19.7. The average Bonchev–Trinajstić information content (AvgIpc) is 3.31. The fourth-order valence-electron chi connectivity index (χ4n) is 8.05. The summed E-state index contributed by atoms with van der Waals surface area (Å²) in [6, 6.07) is 7.90. The zero-order chi connectivity index (χ0) is 24.3. The number of anilines is 1. The fraction of sp³-hybridized carbons (Fsp3) is 0.481. The van der Waals surface area contributed by atoms with Crippen LogP contribution in [-0.2, 0) is 11.8 Å². The number of imide groups is 1. The number of fused-ring (bicyclic) bond motifs is 1. The van der Waals surface area contributed by atoms with E-state index in [1.165, 1.54) is 4.90 Å². The van der Waals surface area contributed by atoms with Gasteiger partial charge >= 0.3 is 0 Å². The molecular weight excluding hydrogens is 446 g/mol. The van der Waals surface area contributed by atoms with Gasteiger partial charge in [0, 0.05) is 17.3 Å². The Morgan fingerprint density at radius 1 is 1.17 bits per heavy atom. The van der Waals surface area contributed by atoms with Gasteiger partial charge in [-0.25, -0.2) is 0 Å². The van der Waals surface area contributed by atoms with Crippen LogP contribution < -0.4 is 10.5 Å².